The first kappa shape index (κ1) is 22.1. The van der Waals surface area contributed by atoms with Crippen molar-refractivity contribution < 1.29 is 5.11 Å². The molecule has 0 aromatic heterocycles. The highest BCUT2D eigenvalue weighted by Gasteiger charge is 2.13. The highest BCUT2D eigenvalue weighted by atomic mass is 16.3. The van der Waals surface area contributed by atoms with Crippen molar-refractivity contribution in [1.82, 2.24) is 0 Å². The summed E-state index contributed by atoms with van der Waals surface area (Å²) < 4.78 is 0. The van der Waals surface area contributed by atoms with E-state index in [1.165, 1.54) is 96.3 Å². The molecule has 144 valence electrons. The predicted molar refractivity (Wildman–Crippen MR) is 111 cm³/mol. The van der Waals surface area contributed by atoms with Crippen molar-refractivity contribution in [1.29, 1.82) is 0 Å². The fourth-order valence-electron chi connectivity index (χ4n) is 3.87. The molecule has 0 spiro atoms. The first-order valence-electron chi connectivity index (χ1n) is 11.1. The molecule has 25 heavy (non-hydrogen) atoms. The number of hydrogen-bond donors (Lipinski definition) is 1. The van der Waals surface area contributed by atoms with E-state index in [0.29, 0.717) is 11.7 Å². The summed E-state index contributed by atoms with van der Waals surface area (Å²) >= 11 is 0. The van der Waals surface area contributed by atoms with Crippen LogP contribution < -0.4 is 0 Å². The summed E-state index contributed by atoms with van der Waals surface area (Å²) in [5.41, 5.74) is 1.16. The Kier molecular flexibility index (Phi) is 13.5. The Morgan fingerprint density at radius 1 is 0.640 bits per heavy atom. The molecular formula is C24H42O. The van der Waals surface area contributed by atoms with E-state index in [9.17, 15) is 5.11 Å². The van der Waals surface area contributed by atoms with Crippen molar-refractivity contribution in [3.8, 4) is 5.75 Å². The third-order valence-corrected chi connectivity index (χ3v) is 5.42. The standard InChI is InChI=1S/C24H42O/c1-3-5-6-7-8-9-10-11-12-13-14-15-19-22(18-4-2)23-20-16-17-21-24(23)25/h16-17,20-22,25H,3-15,18-19H2,1-2H3. The summed E-state index contributed by atoms with van der Waals surface area (Å²) in [5.74, 6) is 1.02. The number of phenols is 1. The number of unbranched alkanes of at least 4 members (excludes halogenated alkanes) is 11. The molecule has 0 saturated carbocycles. The molecule has 1 N–H and O–H groups in total. The van der Waals surface area contributed by atoms with E-state index in [0.717, 1.165) is 5.56 Å². The predicted octanol–water partition coefficient (Wildman–Crippen LogP) is 8.37. The fraction of sp³-hybridized carbons (Fsp3) is 0.750. The molecule has 0 saturated heterocycles. The topological polar surface area (TPSA) is 20.2 Å². The Balaban J connectivity index is 2.04. The summed E-state index contributed by atoms with van der Waals surface area (Å²) in [6, 6.07) is 7.92. The second kappa shape index (κ2) is 15.3. The molecule has 0 fully saturated rings. The molecule has 0 aliphatic heterocycles. The van der Waals surface area contributed by atoms with Gasteiger partial charge in [-0.2, -0.15) is 0 Å². The maximum atomic E-state index is 10.1. The Labute approximate surface area is 157 Å². The van der Waals surface area contributed by atoms with Crippen LogP contribution in [0, 0.1) is 0 Å². The second-order valence-corrected chi connectivity index (χ2v) is 7.72. The van der Waals surface area contributed by atoms with Crippen molar-refractivity contribution in [2.24, 2.45) is 0 Å². The largest absolute Gasteiger partial charge is 0.508 e. The Morgan fingerprint density at radius 3 is 1.68 bits per heavy atom. The van der Waals surface area contributed by atoms with Crippen LogP contribution in [0.1, 0.15) is 122 Å². The lowest BCUT2D eigenvalue weighted by molar-refractivity contribution is 0.444. The van der Waals surface area contributed by atoms with Crippen molar-refractivity contribution in [3.05, 3.63) is 29.8 Å². The fourth-order valence-corrected chi connectivity index (χ4v) is 3.87. The van der Waals surface area contributed by atoms with E-state index in [2.05, 4.69) is 26.0 Å². The van der Waals surface area contributed by atoms with Crippen LogP contribution in [0.4, 0.5) is 0 Å². The minimum absolute atomic E-state index is 0.486. The van der Waals surface area contributed by atoms with E-state index in [1.807, 2.05) is 12.1 Å². The van der Waals surface area contributed by atoms with E-state index in [4.69, 9.17) is 0 Å². The summed E-state index contributed by atoms with van der Waals surface area (Å²) in [5, 5.41) is 10.1. The minimum Gasteiger partial charge on any atom is -0.508 e. The average Bonchev–Trinajstić information content (AvgIpc) is 2.62. The number of aromatic hydroxyl groups is 1. The molecule has 0 amide bonds. The van der Waals surface area contributed by atoms with E-state index in [-0.39, 0.29) is 0 Å². The maximum absolute atomic E-state index is 10.1. The molecule has 0 heterocycles. The molecule has 0 aliphatic rings. The molecule has 1 heteroatoms. The molecule has 0 radical (unpaired) electrons. The Hall–Kier alpha value is -0.980. The molecule has 1 atom stereocenters. The summed E-state index contributed by atoms with van der Waals surface area (Å²) in [4.78, 5) is 0. The van der Waals surface area contributed by atoms with Crippen LogP contribution in [0.25, 0.3) is 0 Å². The zero-order valence-electron chi connectivity index (χ0n) is 16.9. The third kappa shape index (κ3) is 10.6. The normalized spacial score (nSPS) is 12.4. The van der Waals surface area contributed by atoms with Crippen LogP contribution in [0.5, 0.6) is 5.75 Å². The average molecular weight is 347 g/mol. The highest BCUT2D eigenvalue weighted by molar-refractivity contribution is 5.34. The number of benzene rings is 1. The monoisotopic (exact) mass is 346 g/mol. The van der Waals surface area contributed by atoms with Crippen LogP contribution in [-0.2, 0) is 0 Å². The van der Waals surface area contributed by atoms with E-state index < -0.39 is 0 Å². The first-order valence-corrected chi connectivity index (χ1v) is 11.1. The van der Waals surface area contributed by atoms with Gasteiger partial charge >= 0.3 is 0 Å². The lowest BCUT2D eigenvalue weighted by Gasteiger charge is -2.17. The SMILES string of the molecule is CCCCCCCCCCCCCCC(CCC)c1ccccc1O. The van der Waals surface area contributed by atoms with Crippen LogP contribution in [0.3, 0.4) is 0 Å². The van der Waals surface area contributed by atoms with Crippen LogP contribution in [0.15, 0.2) is 24.3 Å². The summed E-state index contributed by atoms with van der Waals surface area (Å²) in [6.07, 6.45) is 20.4. The quantitative estimate of drug-likeness (QED) is 0.298. The van der Waals surface area contributed by atoms with Gasteiger partial charge in [0.15, 0.2) is 0 Å². The maximum Gasteiger partial charge on any atom is 0.119 e. The van der Waals surface area contributed by atoms with Gasteiger partial charge in [0.25, 0.3) is 0 Å². The third-order valence-electron chi connectivity index (χ3n) is 5.42. The Bertz CT molecular complexity index is 412. The van der Waals surface area contributed by atoms with Gasteiger partial charge in [0.05, 0.1) is 0 Å². The molecule has 1 nitrogen and oxygen atoms in total. The van der Waals surface area contributed by atoms with Crippen molar-refractivity contribution in [2.75, 3.05) is 0 Å². The molecular weight excluding hydrogens is 304 g/mol. The second-order valence-electron chi connectivity index (χ2n) is 7.72. The minimum atomic E-state index is 0.486. The number of rotatable bonds is 16. The van der Waals surface area contributed by atoms with Gasteiger partial charge in [0.1, 0.15) is 5.75 Å². The highest BCUT2D eigenvalue weighted by Crippen LogP contribution is 2.33. The van der Waals surface area contributed by atoms with Crippen molar-refractivity contribution in [3.63, 3.8) is 0 Å². The van der Waals surface area contributed by atoms with Gasteiger partial charge in [-0.1, -0.05) is 116 Å². The molecule has 1 aromatic carbocycles. The van der Waals surface area contributed by atoms with Gasteiger partial charge in [0, 0.05) is 0 Å². The van der Waals surface area contributed by atoms with Crippen LogP contribution in [0.2, 0.25) is 0 Å². The number of hydrogen-bond acceptors (Lipinski definition) is 1. The molecule has 0 bridgehead atoms. The zero-order chi connectivity index (χ0) is 18.2. The van der Waals surface area contributed by atoms with Gasteiger partial charge < -0.3 is 5.11 Å². The van der Waals surface area contributed by atoms with Crippen molar-refractivity contribution >= 4 is 0 Å². The van der Waals surface area contributed by atoms with Gasteiger partial charge in [-0.15, -0.1) is 0 Å². The Morgan fingerprint density at radius 2 is 1.16 bits per heavy atom. The van der Waals surface area contributed by atoms with Gasteiger partial charge in [-0.25, -0.2) is 0 Å². The lowest BCUT2D eigenvalue weighted by atomic mass is 9.88. The van der Waals surface area contributed by atoms with Crippen LogP contribution >= 0.6 is 0 Å². The van der Waals surface area contributed by atoms with Gasteiger partial charge in [-0.3, -0.25) is 0 Å². The number of phenolic OH excluding ortho intramolecular Hbond substituents is 1. The summed E-state index contributed by atoms with van der Waals surface area (Å²) in [7, 11) is 0. The molecule has 1 rings (SSSR count). The first-order chi connectivity index (χ1) is 12.3. The van der Waals surface area contributed by atoms with Crippen LogP contribution in [-0.4, -0.2) is 5.11 Å². The summed E-state index contributed by atoms with van der Waals surface area (Å²) in [6.45, 7) is 4.53. The van der Waals surface area contributed by atoms with E-state index >= 15 is 0 Å². The molecule has 0 aliphatic carbocycles. The van der Waals surface area contributed by atoms with Gasteiger partial charge in [0.2, 0.25) is 0 Å². The molecule has 1 unspecified atom stereocenters. The molecule has 1 aromatic rings. The smallest absolute Gasteiger partial charge is 0.119 e. The lowest BCUT2D eigenvalue weighted by Crippen LogP contribution is -1.99. The number of para-hydroxylation sites is 1. The zero-order valence-corrected chi connectivity index (χ0v) is 16.9. The van der Waals surface area contributed by atoms with Gasteiger partial charge in [-0.05, 0) is 30.4 Å². The van der Waals surface area contributed by atoms with E-state index in [1.54, 1.807) is 0 Å². The van der Waals surface area contributed by atoms with Crippen molar-refractivity contribution in [2.45, 2.75) is 116 Å².